The number of benzene rings is 1. The van der Waals surface area contributed by atoms with Crippen molar-refractivity contribution >= 4 is 5.91 Å². The zero-order valence-corrected chi connectivity index (χ0v) is 17.6. The molecule has 1 saturated heterocycles. The molecule has 1 aromatic carbocycles. The fraction of sp³-hybridized carbons (Fsp3) is 0.375. The Morgan fingerprint density at radius 1 is 1.16 bits per heavy atom. The minimum Gasteiger partial charge on any atom is -0.492 e. The van der Waals surface area contributed by atoms with Crippen molar-refractivity contribution in [3.8, 4) is 16.9 Å². The maximum Gasteiger partial charge on any atom is 0.251 e. The van der Waals surface area contributed by atoms with Gasteiger partial charge in [-0.2, -0.15) is 0 Å². The Morgan fingerprint density at radius 2 is 2.06 bits per heavy atom. The minimum absolute atomic E-state index is 0.0323. The zero-order chi connectivity index (χ0) is 21.4. The highest BCUT2D eigenvalue weighted by molar-refractivity contribution is 5.73. The Hall–Kier alpha value is -3.35. The lowest BCUT2D eigenvalue weighted by Gasteiger charge is -2.42. The summed E-state index contributed by atoms with van der Waals surface area (Å²) in [4.78, 5) is 30.8. The number of pyridine rings is 1. The van der Waals surface area contributed by atoms with Crippen LogP contribution in [0.1, 0.15) is 25.0 Å². The molecule has 3 aromatic rings. The first kappa shape index (κ1) is 19.6. The fourth-order valence-corrected chi connectivity index (χ4v) is 4.84. The van der Waals surface area contributed by atoms with E-state index in [4.69, 9.17) is 4.74 Å². The van der Waals surface area contributed by atoms with E-state index in [9.17, 15) is 9.59 Å². The number of carbonyl (C=O) groups excluding carboxylic acids is 1. The number of piperidine rings is 1. The summed E-state index contributed by atoms with van der Waals surface area (Å²) in [6.07, 6.45) is 6.45. The molecular weight excluding hydrogens is 392 g/mol. The molecule has 2 aromatic heterocycles. The first-order valence-corrected chi connectivity index (χ1v) is 10.8. The highest BCUT2D eigenvalue weighted by atomic mass is 16.5. The van der Waals surface area contributed by atoms with Crippen molar-refractivity contribution in [3.05, 3.63) is 71.2 Å². The lowest BCUT2D eigenvalue weighted by atomic mass is 9.82. The number of hydrogen-bond donors (Lipinski definition) is 0. The standard InChI is InChI=1S/C24H26N4O3/c1-17(29)27-13-18-9-21(15-27)23-11-20(12-24(30)28(23)14-18)19-3-2-4-22(10-19)31-8-7-26-6-5-25-16-26/h2-6,10-12,16,18,21H,7-9,13-15H2,1H3/t18-,21+/m0/s1. The summed E-state index contributed by atoms with van der Waals surface area (Å²) < 4.78 is 9.79. The average molecular weight is 418 g/mol. The van der Waals surface area contributed by atoms with E-state index >= 15 is 0 Å². The highest BCUT2D eigenvalue weighted by Gasteiger charge is 2.35. The average Bonchev–Trinajstić information content (AvgIpc) is 3.28. The summed E-state index contributed by atoms with van der Waals surface area (Å²) in [5.41, 5.74) is 2.93. The normalized spacial score (nSPS) is 19.7. The molecular formula is C24H26N4O3. The molecule has 2 bridgehead atoms. The largest absolute Gasteiger partial charge is 0.492 e. The smallest absolute Gasteiger partial charge is 0.251 e. The van der Waals surface area contributed by atoms with E-state index in [1.807, 2.05) is 44.5 Å². The molecule has 0 saturated carbocycles. The molecule has 7 heteroatoms. The van der Waals surface area contributed by atoms with Crippen LogP contribution in [-0.2, 0) is 17.9 Å². The Labute approximate surface area is 180 Å². The lowest BCUT2D eigenvalue weighted by molar-refractivity contribution is -0.131. The summed E-state index contributed by atoms with van der Waals surface area (Å²) in [5, 5.41) is 0. The maximum absolute atomic E-state index is 12.9. The van der Waals surface area contributed by atoms with Crippen LogP contribution >= 0.6 is 0 Å². The molecule has 4 heterocycles. The summed E-state index contributed by atoms with van der Waals surface area (Å²) in [6, 6.07) is 11.7. The van der Waals surface area contributed by atoms with Crippen LogP contribution < -0.4 is 10.3 Å². The van der Waals surface area contributed by atoms with Crippen LogP contribution in [0.15, 0.2) is 59.9 Å². The van der Waals surface area contributed by atoms with Gasteiger partial charge < -0.3 is 18.8 Å². The summed E-state index contributed by atoms with van der Waals surface area (Å²) >= 11 is 0. The van der Waals surface area contributed by atoms with Gasteiger partial charge in [-0.05, 0) is 41.7 Å². The van der Waals surface area contributed by atoms with Gasteiger partial charge in [-0.15, -0.1) is 0 Å². The van der Waals surface area contributed by atoms with Crippen molar-refractivity contribution < 1.29 is 9.53 Å². The molecule has 0 spiro atoms. The zero-order valence-electron chi connectivity index (χ0n) is 17.6. The number of imidazole rings is 1. The van der Waals surface area contributed by atoms with E-state index in [1.54, 1.807) is 25.5 Å². The monoisotopic (exact) mass is 418 g/mol. The highest BCUT2D eigenvalue weighted by Crippen LogP contribution is 2.36. The van der Waals surface area contributed by atoms with Crippen LogP contribution in [0.2, 0.25) is 0 Å². The Bertz CT molecular complexity index is 1150. The predicted molar refractivity (Wildman–Crippen MR) is 117 cm³/mol. The number of hydrogen-bond acceptors (Lipinski definition) is 4. The Kier molecular flexibility index (Phi) is 5.10. The van der Waals surface area contributed by atoms with Crippen molar-refractivity contribution in [1.82, 2.24) is 19.0 Å². The summed E-state index contributed by atoms with van der Waals surface area (Å²) in [5.74, 6) is 1.45. The molecule has 5 rings (SSSR count). The van der Waals surface area contributed by atoms with Gasteiger partial charge in [0, 0.05) is 56.6 Å². The third-order valence-corrected chi connectivity index (χ3v) is 6.35. The van der Waals surface area contributed by atoms with Gasteiger partial charge in [-0.25, -0.2) is 4.98 Å². The van der Waals surface area contributed by atoms with Crippen molar-refractivity contribution in [2.45, 2.75) is 32.4 Å². The van der Waals surface area contributed by atoms with Gasteiger partial charge in [0.25, 0.3) is 5.56 Å². The van der Waals surface area contributed by atoms with Gasteiger partial charge in [0.15, 0.2) is 0 Å². The Balaban J connectivity index is 1.39. The summed E-state index contributed by atoms with van der Waals surface area (Å²) in [6.45, 7) is 5.01. The van der Waals surface area contributed by atoms with Crippen LogP contribution in [0.25, 0.3) is 11.1 Å². The predicted octanol–water partition coefficient (Wildman–Crippen LogP) is 2.76. The first-order valence-electron chi connectivity index (χ1n) is 10.8. The third kappa shape index (κ3) is 4.00. The van der Waals surface area contributed by atoms with Crippen LogP contribution in [0.3, 0.4) is 0 Å². The second-order valence-corrected chi connectivity index (χ2v) is 8.52. The number of amides is 1. The van der Waals surface area contributed by atoms with Crippen LogP contribution in [0.5, 0.6) is 5.75 Å². The van der Waals surface area contributed by atoms with Crippen molar-refractivity contribution in [2.24, 2.45) is 5.92 Å². The van der Waals surface area contributed by atoms with E-state index < -0.39 is 0 Å². The molecule has 2 aliphatic rings. The van der Waals surface area contributed by atoms with Crippen molar-refractivity contribution in [1.29, 1.82) is 0 Å². The second kappa shape index (κ2) is 8.06. The molecule has 0 unspecified atom stereocenters. The number of nitrogens with zero attached hydrogens (tertiary/aromatic N) is 4. The molecule has 2 atom stereocenters. The van der Waals surface area contributed by atoms with E-state index in [2.05, 4.69) is 11.1 Å². The van der Waals surface area contributed by atoms with Crippen LogP contribution in [0, 0.1) is 5.92 Å². The van der Waals surface area contributed by atoms with Crippen LogP contribution in [0.4, 0.5) is 0 Å². The number of ether oxygens (including phenoxy) is 1. The SMILES string of the molecule is CC(=O)N1C[C@@H]2C[C@H](C1)c1cc(-c3cccc(OCCn4ccnc4)c3)cc(=O)n1C2. The van der Waals surface area contributed by atoms with E-state index in [-0.39, 0.29) is 17.4 Å². The van der Waals surface area contributed by atoms with Gasteiger partial charge in [-0.3, -0.25) is 9.59 Å². The number of fused-ring (bicyclic) bond motifs is 4. The van der Waals surface area contributed by atoms with Crippen LogP contribution in [-0.4, -0.2) is 44.6 Å². The molecule has 2 aliphatic heterocycles. The lowest BCUT2D eigenvalue weighted by Crippen LogP contribution is -2.48. The minimum atomic E-state index is 0.0323. The topological polar surface area (TPSA) is 69.4 Å². The molecule has 1 fully saturated rings. The molecule has 0 aliphatic carbocycles. The van der Waals surface area contributed by atoms with Gasteiger partial charge in [0.1, 0.15) is 12.4 Å². The van der Waals surface area contributed by atoms with Gasteiger partial charge in [-0.1, -0.05) is 12.1 Å². The quantitative estimate of drug-likeness (QED) is 0.639. The molecule has 31 heavy (non-hydrogen) atoms. The van der Waals surface area contributed by atoms with E-state index in [0.717, 1.165) is 42.1 Å². The molecule has 160 valence electrons. The molecule has 0 N–H and O–H groups in total. The Morgan fingerprint density at radius 3 is 2.87 bits per heavy atom. The number of aromatic nitrogens is 3. The fourth-order valence-electron chi connectivity index (χ4n) is 4.84. The number of carbonyl (C=O) groups is 1. The van der Waals surface area contributed by atoms with Gasteiger partial charge >= 0.3 is 0 Å². The molecule has 1 amide bonds. The molecule has 0 radical (unpaired) electrons. The maximum atomic E-state index is 12.9. The van der Waals surface area contributed by atoms with E-state index in [0.29, 0.717) is 25.6 Å². The second-order valence-electron chi connectivity index (χ2n) is 8.52. The first-order chi connectivity index (χ1) is 15.1. The van der Waals surface area contributed by atoms with Gasteiger partial charge in [0.2, 0.25) is 5.91 Å². The number of likely N-dealkylation sites (tertiary alicyclic amines) is 1. The molecule has 7 nitrogen and oxygen atoms in total. The summed E-state index contributed by atoms with van der Waals surface area (Å²) in [7, 11) is 0. The third-order valence-electron chi connectivity index (χ3n) is 6.35. The van der Waals surface area contributed by atoms with Crippen molar-refractivity contribution in [2.75, 3.05) is 19.7 Å². The number of rotatable bonds is 5. The van der Waals surface area contributed by atoms with Crippen molar-refractivity contribution in [3.63, 3.8) is 0 Å². The van der Waals surface area contributed by atoms with Gasteiger partial charge in [0.05, 0.1) is 12.9 Å². The van der Waals surface area contributed by atoms with E-state index in [1.165, 1.54) is 0 Å².